The lowest BCUT2D eigenvalue weighted by atomic mass is 9.85. The van der Waals surface area contributed by atoms with Crippen molar-refractivity contribution in [2.45, 2.75) is 65.3 Å². The molecule has 3 rings (SSSR count). The van der Waals surface area contributed by atoms with Gasteiger partial charge in [-0.2, -0.15) is 0 Å². The highest BCUT2D eigenvalue weighted by Crippen LogP contribution is 2.29. The molecule has 2 heterocycles. The molecule has 9 nitrogen and oxygen atoms in total. The fourth-order valence-corrected chi connectivity index (χ4v) is 4.97. The Morgan fingerprint density at radius 3 is 2.38 bits per heavy atom. The summed E-state index contributed by atoms with van der Waals surface area (Å²) in [5.41, 5.74) is 9.41. The quantitative estimate of drug-likeness (QED) is 0.496. The summed E-state index contributed by atoms with van der Waals surface area (Å²) in [5.74, 6) is -0.800. The van der Waals surface area contributed by atoms with Gasteiger partial charge in [0, 0.05) is 13.0 Å². The number of aryl methyl sites for hydroxylation is 1. The Labute approximate surface area is 203 Å². The van der Waals surface area contributed by atoms with Crippen molar-refractivity contribution < 1.29 is 19.5 Å². The molecule has 10 heteroatoms. The summed E-state index contributed by atoms with van der Waals surface area (Å²) in [6.45, 7) is 9.25. The van der Waals surface area contributed by atoms with Crippen molar-refractivity contribution >= 4 is 29.2 Å². The molecule has 184 valence electrons. The lowest BCUT2D eigenvalue weighted by Crippen LogP contribution is -2.58. The first kappa shape index (κ1) is 25.6. The van der Waals surface area contributed by atoms with Gasteiger partial charge in [0.25, 0.3) is 0 Å². The number of carbonyl (C=O) groups is 3. The van der Waals surface area contributed by atoms with Crippen LogP contribution < -0.4 is 16.4 Å². The highest BCUT2D eigenvalue weighted by molar-refractivity contribution is 7.13. The largest absolute Gasteiger partial charge is 0.391 e. The highest BCUT2D eigenvalue weighted by atomic mass is 32.1. The molecule has 0 radical (unpaired) electrons. The number of aliphatic hydroxyl groups excluding tert-OH is 1. The van der Waals surface area contributed by atoms with Crippen molar-refractivity contribution in [3.8, 4) is 10.4 Å². The van der Waals surface area contributed by atoms with E-state index in [2.05, 4.69) is 15.6 Å². The predicted octanol–water partition coefficient (Wildman–Crippen LogP) is 2.34. The predicted molar refractivity (Wildman–Crippen MR) is 131 cm³/mol. The second-order valence-electron chi connectivity index (χ2n) is 9.82. The number of nitrogens with one attached hydrogen (secondary N) is 2. The van der Waals surface area contributed by atoms with Gasteiger partial charge in [-0.3, -0.25) is 9.59 Å². The second kappa shape index (κ2) is 10.1. The zero-order chi connectivity index (χ0) is 25.2. The molecule has 5 N–H and O–H groups in total. The van der Waals surface area contributed by atoms with E-state index in [0.29, 0.717) is 0 Å². The standard InChI is InChI=1S/C24H33N5O4S/c1-13(15-6-8-16(9-7-15)19-14(2)26-12-34-19)27-21(31)18-10-17(30)11-29(18)22(32)20(24(3,4)5)28-23(25)33/h6-9,12-13,17-18,20,30H,10-11H2,1-5H3,(H,27,31)(H3,25,28,33)/t13-,17+,18-,20?/m0/s1. The van der Waals surface area contributed by atoms with E-state index in [9.17, 15) is 19.5 Å². The van der Waals surface area contributed by atoms with Crippen molar-refractivity contribution in [1.82, 2.24) is 20.5 Å². The van der Waals surface area contributed by atoms with Gasteiger partial charge < -0.3 is 26.4 Å². The van der Waals surface area contributed by atoms with Crippen LogP contribution in [-0.4, -0.2) is 57.6 Å². The normalized spacial score (nSPS) is 20.0. The Hall–Kier alpha value is -2.98. The van der Waals surface area contributed by atoms with Gasteiger partial charge in [-0.25, -0.2) is 9.78 Å². The molecular weight excluding hydrogens is 454 g/mol. The zero-order valence-electron chi connectivity index (χ0n) is 20.2. The topological polar surface area (TPSA) is 138 Å². The number of nitrogens with two attached hydrogens (primary N) is 1. The Balaban J connectivity index is 1.72. The molecule has 0 bridgehead atoms. The second-order valence-corrected chi connectivity index (χ2v) is 10.7. The maximum Gasteiger partial charge on any atom is 0.312 e. The number of β-amino-alcohol motifs (C(OH)–C–C–N with tert-alkyl or cyclic N) is 1. The molecule has 0 saturated carbocycles. The summed E-state index contributed by atoms with van der Waals surface area (Å²) < 4.78 is 0. The summed E-state index contributed by atoms with van der Waals surface area (Å²) in [6, 6.07) is 5.01. The van der Waals surface area contributed by atoms with Crippen LogP contribution in [0.2, 0.25) is 0 Å². The zero-order valence-corrected chi connectivity index (χ0v) is 21.0. The number of urea groups is 1. The lowest BCUT2D eigenvalue weighted by Gasteiger charge is -2.35. The van der Waals surface area contributed by atoms with Crippen molar-refractivity contribution in [2.75, 3.05) is 6.54 Å². The molecule has 1 saturated heterocycles. The molecule has 1 aromatic carbocycles. The summed E-state index contributed by atoms with van der Waals surface area (Å²) in [4.78, 5) is 44.6. The van der Waals surface area contributed by atoms with Crippen molar-refractivity contribution in [3.63, 3.8) is 0 Å². The lowest BCUT2D eigenvalue weighted by molar-refractivity contribution is -0.142. The number of rotatable bonds is 6. The first-order chi connectivity index (χ1) is 15.9. The number of benzene rings is 1. The average molecular weight is 488 g/mol. The SMILES string of the molecule is Cc1ncsc1-c1ccc([C@H](C)NC(=O)[C@@H]2C[C@@H](O)CN2C(=O)C(NC(N)=O)C(C)(C)C)cc1. The molecule has 0 spiro atoms. The molecule has 1 aliphatic heterocycles. The third-order valence-corrected chi connectivity index (χ3v) is 7.02. The van der Waals surface area contributed by atoms with Crippen LogP contribution in [-0.2, 0) is 9.59 Å². The maximum absolute atomic E-state index is 13.3. The minimum absolute atomic E-state index is 0.0151. The average Bonchev–Trinajstić information content (AvgIpc) is 3.36. The van der Waals surface area contributed by atoms with Gasteiger partial charge in [-0.05, 0) is 30.4 Å². The first-order valence-electron chi connectivity index (χ1n) is 11.2. The van der Waals surface area contributed by atoms with Gasteiger partial charge in [-0.15, -0.1) is 11.3 Å². The minimum atomic E-state index is -0.925. The monoisotopic (exact) mass is 487 g/mol. The van der Waals surface area contributed by atoms with Crippen LogP contribution in [0, 0.1) is 12.3 Å². The van der Waals surface area contributed by atoms with E-state index < -0.39 is 35.5 Å². The van der Waals surface area contributed by atoms with E-state index in [1.54, 1.807) is 32.1 Å². The van der Waals surface area contributed by atoms with Crippen LogP contribution in [0.3, 0.4) is 0 Å². The third-order valence-electron chi connectivity index (χ3n) is 6.04. The summed E-state index contributed by atoms with van der Waals surface area (Å²) in [7, 11) is 0. The van der Waals surface area contributed by atoms with Gasteiger partial charge in [0.05, 0.1) is 28.2 Å². The minimum Gasteiger partial charge on any atom is -0.391 e. The number of likely N-dealkylation sites (tertiary alicyclic amines) is 1. The molecule has 1 fully saturated rings. The molecule has 4 amide bonds. The summed E-state index contributed by atoms with van der Waals surface area (Å²) in [6.07, 6.45) is -0.701. The Kier molecular flexibility index (Phi) is 7.62. The molecular formula is C24H33N5O4S. The summed E-state index contributed by atoms with van der Waals surface area (Å²) >= 11 is 1.58. The van der Waals surface area contributed by atoms with Crippen LogP contribution in [0.5, 0.6) is 0 Å². The van der Waals surface area contributed by atoms with E-state index in [1.807, 2.05) is 43.6 Å². The van der Waals surface area contributed by atoms with Crippen LogP contribution >= 0.6 is 11.3 Å². The molecule has 1 aliphatic rings. The van der Waals surface area contributed by atoms with Gasteiger partial charge in [0.2, 0.25) is 11.8 Å². The van der Waals surface area contributed by atoms with Crippen molar-refractivity contribution in [1.29, 1.82) is 0 Å². The molecule has 0 aliphatic carbocycles. The van der Waals surface area contributed by atoms with Crippen LogP contribution in [0.15, 0.2) is 29.8 Å². The number of hydrogen-bond donors (Lipinski definition) is 4. The van der Waals surface area contributed by atoms with Gasteiger partial charge in [-0.1, -0.05) is 45.0 Å². The van der Waals surface area contributed by atoms with E-state index >= 15 is 0 Å². The maximum atomic E-state index is 13.3. The number of hydrogen-bond acceptors (Lipinski definition) is 6. The molecule has 1 aromatic heterocycles. The number of amides is 4. The Morgan fingerprint density at radius 2 is 1.85 bits per heavy atom. The van der Waals surface area contributed by atoms with E-state index in [1.165, 1.54) is 4.90 Å². The fraction of sp³-hybridized carbons (Fsp3) is 0.500. The third kappa shape index (κ3) is 5.74. The number of primary amides is 1. The number of aromatic nitrogens is 1. The van der Waals surface area contributed by atoms with Crippen LogP contribution in [0.4, 0.5) is 4.79 Å². The first-order valence-corrected chi connectivity index (χ1v) is 12.1. The van der Waals surface area contributed by atoms with E-state index in [4.69, 9.17) is 5.73 Å². The van der Waals surface area contributed by atoms with E-state index in [0.717, 1.165) is 21.7 Å². The van der Waals surface area contributed by atoms with Crippen LogP contribution in [0.25, 0.3) is 10.4 Å². The summed E-state index contributed by atoms with van der Waals surface area (Å²) in [5, 5.41) is 15.7. The van der Waals surface area contributed by atoms with Gasteiger partial charge >= 0.3 is 6.03 Å². The smallest absolute Gasteiger partial charge is 0.312 e. The highest BCUT2D eigenvalue weighted by Gasteiger charge is 2.44. The Morgan fingerprint density at radius 1 is 1.21 bits per heavy atom. The number of aliphatic hydroxyl groups is 1. The van der Waals surface area contributed by atoms with Crippen LogP contribution in [0.1, 0.15) is 51.4 Å². The van der Waals surface area contributed by atoms with Crippen molar-refractivity contribution in [3.05, 3.63) is 41.0 Å². The number of nitrogens with zero attached hydrogens (tertiary/aromatic N) is 2. The molecule has 4 atom stereocenters. The van der Waals surface area contributed by atoms with Gasteiger partial charge in [0.1, 0.15) is 12.1 Å². The number of thiazole rings is 1. The van der Waals surface area contributed by atoms with Crippen molar-refractivity contribution in [2.24, 2.45) is 11.1 Å². The van der Waals surface area contributed by atoms with E-state index in [-0.39, 0.29) is 24.9 Å². The van der Waals surface area contributed by atoms with Gasteiger partial charge in [0.15, 0.2) is 0 Å². The Bertz CT molecular complexity index is 1050. The molecule has 1 unspecified atom stereocenters. The molecule has 34 heavy (non-hydrogen) atoms. The number of carbonyl (C=O) groups excluding carboxylic acids is 3. The molecule has 2 aromatic rings. The fourth-order valence-electron chi connectivity index (χ4n) is 4.16.